The van der Waals surface area contributed by atoms with Crippen molar-refractivity contribution >= 4 is 8.80 Å². The fourth-order valence-electron chi connectivity index (χ4n) is 4.48. The van der Waals surface area contributed by atoms with E-state index in [-0.39, 0.29) is 24.0 Å². The molecule has 30 heavy (non-hydrogen) atoms. The second kappa shape index (κ2) is 21.6. The van der Waals surface area contributed by atoms with Gasteiger partial charge >= 0.3 is 8.80 Å². The van der Waals surface area contributed by atoms with Gasteiger partial charge in [-0.05, 0) is 38.5 Å². The van der Waals surface area contributed by atoms with Crippen molar-refractivity contribution in [3.63, 3.8) is 0 Å². The van der Waals surface area contributed by atoms with Gasteiger partial charge in [0.05, 0.1) is 26.2 Å². The van der Waals surface area contributed by atoms with E-state index < -0.39 is 8.80 Å². The summed E-state index contributed by atoms with van der Waals surface area (Å²) in [6.45, 7) is 12.2. The predicted octanol–water partition coefficient (Wildman–Crippen LogP) is 3.82. The summed E-state index contributed by atoms with van der Waals surface area (Å²) in [7, 11) is 2.75. The third-order valence-electron chi connectivity index (χ3n) is 6.51. The van der Waals surface area contributed by atoms with E-state index in [4.69, 9.17) is 13.3 Å². The zero-order valence-corrected chi connectivity index (χ0v) is 24.4. The van der Waals surface area contributed by atoms with Crippen LogP contribution in [0.25, 0.3) is 0 Å². The molecule has 6 heteroatoms. The van der Waals surface area contributed by atoms with Crippen molar-refractivity contribution < 1.29 is 41.7 Å². The molecular formula is C24H54INO3Si. The Hall–Kier alpha value is 0.787. The Labute approximate surface area is 207 Å². The minimum Gasteiger partial charge on any atom is -1.00 e. The molecule has 0 bridgehead atoms. The van der Waals surface area contributed by atoms with E-state index in [1.54, 1.807) is 21.3 Å². The summed E-state index contributed by atoms with van der Waals surface area (Å²) in [5.74, 6) is 0. The van der Waals surface area contributed by atoms with Crippen LogP contribution >= 0.6 is 0 Å². The lowest BCUT2D eigenvalue weighted by Gasteiger charge is -2.40. The first-order valence-electron chi connectivity index (χ1n) is 12.6. The number of halogens is 1. The number of hydrogen-bond acceptors (Lipinski definition) is 3. The van der Waals surface area contributed by atoms with Gasteiger partial charge in [0.15, 0.2) is 0 Å². The maximum absolute atomic E-state index is 5.68. The average molecular weight is 560 g/mol. The lowest BCUT2D eigenvalue weighted by atomic mass is 10.1. The monoisotopic (exact) mass is 559 g/mol. The molecule has 0 saturated carbocycles. The molecule has 0 fully saturated rings. The zero-order valence-electron chi connectivity index (χ0n) is 21.3. The standard InChI is InChI=1S/C24H54NO3Si.HI/c1-7-10-13-16-20-25(21-17-14-11-8-2,22-18-15-12-9-3)23-19-24-29(26-4,27-5)28-6;/h7-24H2,1-6H3;1H/q+1;/p-1. The third-order valence-corrected chi connectivity index (χ3v) is 9.34. The highest BCUT2D eigenvalue weighted by atomic mass is 127. The molecule has 0 aliphatic carbocycles. The van der Waals surface area contributed by atoms with Crippen molar-refractivity contribution in [3.05, 3.63) is 0 Å². The molecule has 0 aromatic heterocycles. The van der Waals surface area contributed by atoms with Gasteiger partial charge < -0.3 is 41.7 Å². The normalized spacial score (nSPS) is 12.2. The van der Waals surface area contributed by atoms with Crippen LogP contribution in [0, 0.1) is 0 Å². The van der Waals surface area contributed by atoms with Crippen molar-refractivity contribution in [1.82, 2.24) is 0 Å². The van der Waals surface area contributed by atoms with Crippen LogP contribution in [0.5, 0.6) is 0 Å². The van der Waals surface area contributed by atoms with Gasteiger partial charge in [-0.2, -0.15) is 0 Å². The van der Waals surface area contributed by atoms with Gasteiger partial charge in [0.2, 0.25) is 0 Å². The van der Waals surface area contributed by atoms with Crippen molar-refractivity contribution in [2.24, 2.45) is 0 Å². The lowest BCUT2D eigenvalue weighted by Crippen LogP contribution is -3.00. The molecule has 0 spiro atoms. The summed E-state index contributed by atoms with van der Waals surface area (Å²) in [4.78, 5) is 0. The fraction of sp³-hybridized carbons (Fsp3) is 1.00. The molecule has 0 amide bonds. The molecule has 0 radical (unpaired) electrons. The van der Waals surface area contributed by atoms with E-state index in [1.807, 2.05) is 0 Å². The maximum Gasteiger partial charge on any atom is 0.500 e. The van der Waals surface area contributed by atoms with Crippen LogP contribution in [0.1, 0.15) is 104 Å². The van der Waals surface area contributed by atoms with Crippen molar-refractivity contribution in [2.45, 2.75) is 110 Å². The van der Waals surface area contributed by atoms with Crippen LogP contribution in [0.4, 0.5) is 0 Å². The largest absolute Gasteiger partial charge is 1.00 e. The molecule has 0 aliphatic rings. The summed E-state index contributed by atoms with van der Waals surface area (Å²) in [5, 5.41) is 0. The predicted molar refractivity (Wildman–Crippen MR) is 128 cm³/mol. The minimum atomic E-state index is -2.46. The molecule has 0 aliphatic heterocycles. The highest BCUT2D eigenvalue weighted by Gasteiger charge is 2.38. The number of nitrogens with zero attached hydrogens (tertiary/aromatic N) is 1. The van der Waals surface area contributed by atoms with E-state index in [0.29, 0.717) is 0 Å². The molecule has 0 saturated heterocycles. The van der Waals surface area contributed by atoms with Crippen LogP contribution in [0.2, 0.25) is 6.04 Å². The van der Waals surface area contributed by atoms with E-state index in [9.17, 15) is 0 Å². The first-order chi connectivity index (χ1) is 14.1. The summed E-state index contributed by atoms with van der Waals surface area (Å²) in [6, 6.07) is 0.926. The van der Waals surface area contributed by atoms with Crippen molar-refractivity contribution in [1.29, 1.82) is 0 Å². The Morgan fingerprint density at radius 1 is 0.500 bits per heavy atom. The molecular weight excluding hydrogens is 505 g/mol. The van der Waals surface area contributed by atoms with Gasteiger partial charge in [0.1, 0.15) is 0 Å². The number of rotatable bonds is 22. The van der Waals surface area contributed by atoms with Crippen molar-refractivity contribution in [3.8, 4) is 0 Å². The van der Waals surface area contributed by atoms with Crippen LogP contribution in [-0.4, -0.2) is 60.8 Å². The van der Waals surface area contributed by atoms with E-state index in [0.717, 1.165) is 12.5 Å². The third kappa shape index (κ3) is 14.8. The first-order valence-corrected chi connectivity index (χ1v) is 14.5. The topological polar surface area (TPSA) is 27.7 Å². The molecule has 0 heterocycles. The molecule has 0 aromatic rings. The SMILES string of the molecule is CCCCCC[N+](CCCCCC)(CCCCCC)CCC[Si](OC)(OC)OC.[I-]. The molecule has 0 unspecified atom stereocenters. The number of unbranched alkanes of at least 4 members (excludes halogenated alkanes) is 9. The van der Waals surface area contributed by atoms with Gasteiger partial charge in [-0.1, -0.05) is 59.3 Å². The Bertz CT molecular complexity index is 318. The van der Waals surface area contributed by atoms with Crippen molar-refractivity contribution in [2.75, 3.05) is 47.5 Å². The average Bonchev–Trinajstić information content (AvgIpc) is 2.75. The van der Waals surface area contributed by atoms with Gasteiger partial charge in [0, 0.05) is 33.8 Å². The molecule has 0 atom stereocenters. The van der Waals surface area contributed by atoms with E-state index >= 15 is 0 Å². The van der Waals surface area contributed by atoms with Crippen LogP contribution in [0.3, 0.4) is 0 Å². The van der Waals surface area contributed by atoms with Gasteiger partial charge in [0.25, 0.3) is 0 Å². The first kappa shape index (κ1) is 33.0. The Morgan fingerprint density at radius 3 is 1.13 bits per heavy atom. The number of hydrogen-bond donors (Lipinski definition) is 0. The Kier molecular flexibility index (Phi) is 23.8. The zero-order chi connectivity index (χ0) is 21.8. The quantitative estimate of drug-likeness (QED) is 0.0874. The summed E-state index contributed by atoms with van der Waals surface area (Å²) >= 11 is 0. The highest BCUT2D eigenvalue weighted by molar-refractivity contribution is 6.60. The van der Waals surface area contributed by atoms with Gasteiger partial charge in [-0.3, -0.25) is 0 Å². The minimum absolute atomic E-state index is 0. The van der Waals surface area contributed by atoms with Crippen LogP contribution in [0.15, 0.2) is 0 Å². The summed E-state index contributed by atoms with van der Waals surface area (Å²) in [6.07, 6.45) is 17.5. The summed E-state index contributed by atoms with van der Waals surface area (Å²) in [5.41, 5.74) is 0. The number of quaternary nitrogens is 1. The smallest absolute Gasteiger partial charge is 0.500 e. The summed E-state index contributed by atoms with van der Waals surface area (Å²) < 4.78 is 18.3. The molecule has 184 valence electrons. The van der Waals surface area contributed by atoms with E-state index in [1.165, 1.54) is 108 Å². The molecule has 4 nitrogen and oxygen atoms in total. The molecule has 0 rings (SSSR count). The highest BCUT2D eigenvalue weighted by Crippen LogP contribution is 2.22. The second-order valence-corrected chi connectivity index (χ2v) is 11.9. The second-order valence-electron chi connectivity index (χ2n) is 8.82. The van der Waals surface area contributed by atoms with E-state index in [2.05, 4.69) is 20.8 Å². The maximum atomic E-state index is 5.68. The Balaban J connectivity index is 0. The molecule has 0 N–H and O–H groups in total. The Morgan fingerprint density at radius 2 is 0.833 bits per heavy atom. The van der Waals surface area contributed by atoms with Gasteiger partial charge in [-0.15, -0.1) is 0 Å². The van der Waals surface area contributed by atoms with Gasteiger partial charge in [-0.25, -0.2) is 0 Å². The molecule has 0 aromatic carbocycles. The lowest BCUT2D eigenvalue weighted by molar-refractivity contribution is -0.929. The van der Waals surface area contributed by atoms with Crippen LogP contribution in [-0.2, 0) is 13.3 Å². The van der Waals surface area contributed by atoms with Crippen LogP contribution < -0.4 is 24.0 Å². The fourth-order valence-corrected chi connectivity index (χ4v) is 6.18.